The Morgan fingerprint density at radius 3 is 2.79 bits per heavy atom. The lowest BCUT2D eigenvalue weighted by Gasteiger charge is -2.36. The zero-order valence-electron chi connectivity index (χ0n) is 10.9. The Hall–Kier alpha value is -1.15. The van der Waals surface area contributed by atoms with Gasteiger partial charge in [-0.15, -0.1) is 0 Å². The van der Waals surface area contributed by atoms with Crippen LogP contribution in [0.4, 0.5) is 0 Å². The number of hydrogen-bond donors (Lipinski definition) is 0. The molecule has 0 N–H and O–H groups in total. The SMILES string of the molecule is C=C1CC2CC(=O)/C(=C\c3ccccc3Br)C(C1)C2. The Kier molecular flexibility index (Phi) is 3.44. The predicted molar refractivity (Wildman–Crippen MR) is 81.7 cm³/mol. The van der Waals surface area contributed by atoms with E-state index in [1.807, 2.05) is 24.3 Å². The van der Waals surface area contributed by atoms with Crippen LogP contribution in [0.15, 0.2) is 46.5 Å². The van der Waals surface area contributed by atoms with Crippen molar-refractivity contribution in [3.05, 3.63) is 52.0 Å². The van der Waals surface area contributed by atoms with Gasteiger partial charge in [0.2, 0.25) is 0 Å². The van der Waals surface area contributed by atoms with Crippen molar-refractivity contribution in [1.82, 2.24) is 0 Å². The molecule has 2 aliphatic rings. The number of benzene rings is 1. The number of ketones is 1. The number of Topliss-reactive ketones (excluding diaryl/α,β-unsaturated/α-hetero) is 1. The van der Waals surface area contributed by atoms with Gasteiger partial charge in [0, 0.05) is 10.9 Å². The first-order valence-corrected chi connectivity index (χ1v) is 7.58. The third kappa shape index (κ3) is 2.59. The van der Waals surface area contributed by atoms with Crippen molar-refractivity contribution in [2.45, 2.75) is 25.7 Å². The van der Waals surface area contributed by atoms with E-state index in [4.69, 9.17) is 0 Å². The number of fused-ring (bicyclic) bond motifs is 2. The summed E-state index contributed by atoms with van der Waals surface area (Å²) in [5.41, 5.74) is 3.41. The van der Waals surface area contributed by atoms with Gasteiger partial charge in [-0.1, -0.05) is 46.3 Å². The van der Waals surface area contributed by atoms with E-state index in [2.05, 4.69) is 28.6 Å². The zero-order chi connectivity index (χ0) is 13.4. The molecule has 2 fully saturated rings. The smallest absolute Gasteiger partial charge is 0.159 e. The Balaban J connectivity index is 1.96. The van der Waals surface area contributed by atoms with Crippen molar-refractivity contribution < 1.29 is 4.79 Å². The molecule has 2 aliphatic carbocycles. The van der Waals surface area contributed by atoms with Crippen LogP contribution in [0.25, 0.3) is 6.08 Å². The molecular formula is C17H17BrO. The largest absolute Gasteiger partial charge is 0.295 e. The molecule has 2 bridgehead atoms. The minimum absolute atomic E-state index is 0.338. The molecule has 2 saturated carbocycles. The Morgan fingerprint density at radius 2 is 2.00 bits per heavy atom. The molecule has 3 rings (SSSR count). The molecule has 1 aromatic rings. The summed E-state index contributed by atoms with van der Waals surface area (Å²) < 4.78 is 1.05. The highest BCUT2D eigenvalue weighted by atomic mass is 79.9. The summed E-state index contributed by atoms with van der Waals surface area (Å²) in [6, 6.07) is 8.07. The fourth-order valence-corrected chi connectivity index (χ4v) is 3.77. The molecule has 1 aromatic carbocycles. The highest BCUT2D eigenvalue weighted by Crippen LogP contribution is 2.43. The van der Waals surface area contributed by atoms with E-state index < -0.39 is 0 Å². The lowest BCUT2D eigenvalue weighted by Crippen LogP contribution is -2.30. The van der Waals surface area contributed by atoms with E-state index in [1.54, 1.807) is 0 Å². The summed E-state index contributed by atoms with van der Waals surface area (Å²) in [6.45, 7) is 4.13. The molecule has 0 amide bonds. The summed E-state index contributed by atoms with van der Waals surface area (Å²) in [6.07, 6.45) is 5.96. The van der Waals surface area contributed by atoms with E-state index in [-0.39, 0.29) is 0 Å². The molecule has 19 heavy (non-hydrogen) atoms. The maximum absolute atomic E-state index is 12.3. The van der Waals surface area contributed by atoms with E-state index >= 15 is 0 Å². The average molecular weight is 317 g/mol. The van der Waals surface area contributed by atoms with Crippen molar-refractivity contribution in [3.63, 3.8) is 0 Å². The van der Waals surface area contributed by atoms with Crippen molar-refractivity contribution in [2.24, 2.45) is 11.8 Å². The molecule has 0 aromatic heterocycles. The van der Waals surface area contributed by atoms with Crippen molar-refractivity contribution in [3.8, 4) is 0 Å². The fraction of sp³-hybridized carbons (Fsp3) is 0.353. The van der Waals surface area contributed by atoms with E-state index in [0.717, 1.165) is 34.9 Å². The monoisotopic (exact) mass is 316 g/mol. The van der Waals surface area contributed by atoms with Gasteiger partial charge in [-0.3, -0.25) is 4.79 Å². The van der Waals surface area contributed by atoms with Crippen LogP contribution < -0.4 is 0 Å². The van der Waals surface area contributed by atoms with Crippen molar-refractivity contribution in [2.75, 3.05) is 0 Å². The molecule has 0 aliphatic heterocycles. The number of carbonyl (C=O) groups is 1. The van der Waals surface area contributed by atoms with Crippen LogP contribution in [0.2, 0.25) is 0 Å². The molecule has 2 atom stereocenters. The van der Waals surface area contributed by atoms with Crippen LogP contribution in [0.1, 0.15) is 31.2 Å². The summed E-state index contributed by atoms with van der Waals surface area (Å²) in [7, 11) is 0. The topological polar surface area (TPSA) is 17.1 Å². The molecule has 98 valence electrons. The van der Waals surface area contributed by atoms with Gasteiger partial charge in [0.1, 0.15) is 0 Å². The van der Waals surface area contributed by atoms with Gasteiger partial charge in [-0.25, -0.2) is 0 Å². The van der Waals surface area contributed by atoms with Gasteiger partial charge in [0.05, 0.1) is 0 Å². The third-order valence-corrected chi connectivity index (χ3v) is 4.90. The molecule has 0 radical (unpaired) electrons. The summed E-state index contributed by atoms with van der Waals surface area (Å²) in [5.74, 6) is 1.26. The highest BCUT2D eigenvalue weighted by molar-refractivity contribution is 9.10. The Morgan fingerprint density at radius 1 is 1.21 bits per heavy atom. The number of hydrogen-bond acceptors (Lipinski definition) is 1. The first-order valence-electron chi connectivity index (χ1n) is 6.79. The second-order valence-electron chi connectivity index (χ2n) is 5.71. The maximum atomic E-state index is 12.3. The van der Waals surface area contributed by atoms with Crippen LogP contribution in [-0.4, -0.2) is 5.78 Å². The Bertz CT molecular complexity index is 570. The van der Waals surface area contributed by atoms with Crippen molar-refractivity contribution in [1.29, 1.82) is 0 Å². The minimum atomic E-state index is 0.338. The first-order chi connectivity index (χ1) is 9.13. The Labute approximate surface area is 122 Å². The summed E-state index contributed by atoms with van der Waals surface area (Å²) in [4.78, 5) is 12.3. The molecule has 2 unspecified atom stereocenters. The lowest BCUT2D eigenvalue weighted by atomic mass is 9.67. The highest BCUT2D eigenvalue weighted by Gasteiger charge is 2.35. The third-order valence-electron chi connectivity index (χ3n) is 4.18. The average Bonchev–Trinajstić information content (AvgIpc) is 2.35. The molecule has 0 spiro atoms. The molecule has 1 nitrogen and oxygen atoms in total. The number of halogens is 1. The predicted octanol–water partition coefficient (Wildman–Crippen LogP) is 4.78. The number of rotatable bonds is 1. The molecular weight excluding hydrogens is 300 g/mol. The molecule has 0 saturated heterocycles. The van der Waals surface area contributed by atoms with E-state index in [1.165, 1.54) is 5.57 Å². The quantitative estimate of drug-likeness (QED) is 0.538. The standard InChI is InChI=1S/C17H17BrO/c1-11-6-12-8-14(7-11)15(17(19)9-12)10-13-4-2-3-5-16(13)18/h2-5,10,12,14H,1,6-9H2/b15-10-. The van der Waals surface area contributed by atoms with E-state index in [9.17, 15) is 4.79 Å². The van der Waals surface area contributed by atoms with Crippen molar-refractivity contribution >= 4 is 27.8 Å². The fourth-order valence-electron chi connectivity index (χ4n) is 3.37. The second-order valence-corrected chi connectivity index (χ2v) is 6.56. The molecule has 0 heterocycles. The van der Waals surface area contributed by atoms with Crippen LogP contribution >= 0.6 is 15.9 Å². The summed E-state index contributed by atoms with van der Waals surface area (Å²) >= 11 is 3.55. The van der Waals surface area contributed by atoms with Gasteiger partial charge in [-0.05, 0) is 54.4 Å². The van der Waals surface area contributed by atoms with Crippen LogP contribution in [0, 0.1) is 11.8 Å². The normalized spacial score (nSPS) is 28.8. The first kappa shape index (κ1) is 12.9. The number of allylic oxidation sites excluding steroid dienone is 2. The number of carbonyl (C=O) groups excluding carboxylic acids is 1. The van der Waals surface area contributed by atoms with Gasteiger partial charge < -0.3 is 0 Å². The van der Waals surface area contributed by atoms with Gasteiger partial charge in [0.25, 0.3) is 0 Å². The van der Waals surface area contributed by atoms with Gasteiger partial charge in [-0.2, -0.15) is 0 Å². The summed E-state index contributed by atoms with van der Waals surface area (Å²) in [5, 5.41) is 0. The molecule has 2 heteroatoms. The minimum Gasteiger partial charge on any atom is -0.295 e. The van der Waals surface area contributed by atoms with E-state index in [0.29, 0.717) is 24.0 Å². The second kappa shape index (κ2) is 5.09. The van der Waals surface area contributed by atoms with Gasteiger partial charge in [0.15, 0.2) is 5.78 Å². The lowest BCUT2D eigenvalue weighted by molar-refractivity contribution is -0.118. The maximum Gasteiger partial charge on any atom is 0.159 e. The van der Waals surface area contributed by atoms with Gasteiger partial charge >= 0.3 is 0 Å². The zero-order valence-corrected chi connectivity index (χ0v) is 12.4. The van der Waals surface area contributed by atoms with Crippen LogP contribution in [-0.2, 0) is 4.79 Å². The van der Waals surface area contributed by atoms with Crippen LogP contribution in [0.3, 0.4) is 0 Å². The van der Waals surface area contributed by atoms with Crippen LogP contribution in [0.5, 0.6) is 0 Å².